The first-order valence-corrected chi connectivity index (χ1v) is 12.0. The largest absolute Gasteiger partial charge is 0.549 e. The Bertz CT molecular complexity index is 1130. The van der Waals surface area contributed by atoms with E-state index in [0.717, 1.165) is 29.3 Å². The topological polar surface area (TPSA) is 138 Å². The third kappa shape index (κ3) is 5.00. The highest BCUT2D eigenvalue weighted by Crippen LogP contribution is 2.55. The molecule has 2 heterocycles. The lowest BCUT2D eigenvalue weighted by molar-refractivity contribution is -0.310. The van der Waals surface area contributed by atoms with Crippen LogP contribution in [0, 0.1) is 5.92 Å². The van der Waals surface area contributed by atoms with Crippen molar-refractivity contribution >= 4 is 34.7 Å². The van der Waals surface area contributed by atoms with Crippen LogP contribution in [-0.4, -0.2) is 77.5 Å². The zero-order valence-corrected chi connectivity index (χ0v) is 21.1. The highest BCUT2D eigenvalue weighted by molar-refractivity contribution is 5.98. The minimum Gasteiger partial charge on any atom is -0.549 e. The molecule has 3 N–H and O–H groups in total. The van der Waals surface area contributed by atoms with Crippen molar-refractivity contribution in [2.45, 2.75) is 45.2 Å². The number of hydrogen-bond acceptors (Lipinski definition) is 6. The van der Waals surface area contributed by atoms with Crippen LogP contribution in [0.4, 0.5) is 5.69 Å². The summed E-state index contributed by atoms with van der Waals surface area (Å²) in [6.45, 7) is 5.18. The third-order valence-corrected chi connectivity index (χ3v) is 7.49. The predicted octanol–water partition coefficient (Wildman–Crippen LogP) is 1.71. The number of allylic oxidation sites excluding steroid dienone is 1. The number of nitrogens with zero attached hydrogens (tertiary/aromatic N) is 2. The number of fused-ring (bicyclic) bond motifs is 2. The molecule has 0 saturated heterocycles. The van der Waals surface area contributed by atoms with E-state index in [2.05, 4.69) is 44.0 Å². The van der Waals surface area contributed by atoms with Gasteiger partial charge >= 0.3 is 11.9 Å². The number of aliphatic hydroxyl groups is 1. The van der Waals surface area contributed by atoms with Crippen molar-refractivity contribution in [1.82, 2.24) is 9.38 Å². The lowest BCUT2D eigenvalue weighted by atomic mass is 9.76. The van der Waals surface area contributed by atoms with Crippen molar-refractivity contribution in [1.29, 1.82) is 0 Å². The zero-order chi connectivity index (χ0) is 26.8. The fourth-order valence-corrected chi connectivity index (χ4v) is 5.56. The Morgan fingerprint density at radius 3 is 2.36 bits per heavy atom. The monoisotopic (exact) mass is 498 g/mol. The van der Waals surface area contributed by atoms with E-state index in [4.69, 9.17) is 10.2 Å². The standard InChI is InChI=1S/C23H30N2O3.C4H4O4/c1-14(2)25(4)20(9-6-10-26)18-12-19-17(11-15(23(27)28)13-24(19)3)16-7-5-8-21(25)22(16)18;5-3(6)1-2-4(7)8/h5,7-8,11,14-15,19,26H,6,9-10,12-13H2,1-4H3;1-2H,(H,5,6)(H,7,8)/b;2-1-/t15-,19-,25-;/m1./s1. The minimum absolute atomic E-state index is 0.191. The van der Waals surface area contributed by atoms with Crippen LogP contribution in [0.25, 0.3) is 11.1 Å². The van der Waals surface area contributed by atoms with E-state index in [1.165, 1.54) is 28.1 Å². The van der Waals surface area contributed by atoms with Gasteiger partial charge in [-0.25, -0.2) is 9.59 Å². The summed E-state index contributed by atoms with van der Waals surface area (Å²) in [5.41, 5.74) is 7.69. The molecule has 1 aromatic carbocycles. The highest BCUT2D eigenvalue weighted by atomic mass is 16.4. The molecule has 0 aromatic heterocycles. The first-order valence-electron chi connectivity index (χ1n) is 12.0. The highest BCUT2D eigenvalue weighted by Gasteiger charge is 2.49. The summed E-state index contributed by atoms with van der Waals surface area (Å²) in [6.07, 6.45) is 5.58. The van der Waals surface area contributed by atoms with Gasteiger partial charge < -0.3 is 25.2 Å². The Labute approximate surface area is 210 Å². The summed E-state index contributed by atoms with van der Waals surface area (Å²) in [7, 11) is 4.30. The van der Waals surface area contributed by atoms with Gasteiger partial charge in [0.25, 0.3) is 0 Å². The van der Waals surface area contributed by atoms with Crippen molar-refractivity contribution < 1.29 is 34.8 Å². The molecule has 0 unspecified atom stereocenters. The summed E-state index contributed by atoms with van der Waals surface area (Å²) in [4.78, 5) is 32.8. The van der Waals surface area contributed by atoms with Gasteiger partial charge in [-0.1, -0.05) is 18.2 Å². The molecule has 0 fully saturated rings. The van der Waals surface area contributed by atoms with E-state index >= 15 is 0 Å². The van der Waals surface area contributed by atoms with Crippen LogP contribution < -0.4 is 9.59 Å². The van der Waals surface area contributed by atoms with Gasteiger partial charge in [0.2, 0.25) is 0 Å². The van der Waals surface area contributed by atoms with E-state index in [9.17, 15) is 24.6 Å². The van der Waals surface area contributed by atoms with Crippen molar-refractivity contribution in [2.24, 2.45) is 5.92 Å². The molecule has 4 rings (SSSR count). The number of aliphatic hydroxyl groups excluding tert-OH is 1. The number of aliphatic carboxylic acids is 3. The van der Waals surface area contributed by atoms with Crippen LogP contribution in [0.2, 0.25) is 0 Å². The quantitative estimate of drug-likeness (QED) is 0.382. The molecule has 3 aliphatic rings. The molecule has 9 heteroatoms. The number of carboxylic acids is 3. The second-order valence-corrected chi connectivity index (χ2v) is 9.84. The number of carbonyl (C=O) groups excluding carboxylic acids is 1. The Hall–Kier alpha value is -3.27. The number of likely N-dealkylation sites (N-methyl/N-ethyl adjacent to an activating group) is 1. The van der Waals surface area contributed by atoms with Gasteiger partial charge in [-0.2, -0.15) is 0 Å². The van der Waals surface area contributed by atoms with Gasteiger partial charge in [0, 0.05) is 61.3 Å². The molecule has 1 aromatic rings. The van der Waals surface area contributed by atoms with Crippen LogP contribution in [0.3, 0.4) is 0 Å². The van der Waals surface area contributed by atoms with E-state index in [-0.39, 0.29) is 12.6 Å². The van der Waals surface area contributed by atoms with Crippen molar-refractivity contribution in [3.05, 3.63) is 53.3 Å². The maximum Gasteiger partial charge on any atom is 0.328 e. The van der Waals surface area contributed by atoms with E-state index < -0.39 is 23.8 Å². The Balaban J connectivity index is 0.000000392. The molecular formula is C27H34N2O7. The summed E-state index contributed by atoms with van der Waals surface area (Å²) in [6, 6.07) is 7.03. The maximum absolute atomic E-state index is 11.6. The number of carboxylic acid groups (broad SMARTS) is 3. The van der Waals surface area contributed by atoms with Crippen LogP contribution in [0.1, 0.15) is 44.2 Å². The average Bonchev–Trinajstić information content (AvgIpc) is 3.07. The fourth-order valence-electron chi connectivity index (χ4n) is 5.56. The minimum atomic E-state index is -1.26. The number of rotatable bonds is 7. The van der Waals surface area contributed by atoms with Gasteiger partial charge in [0.05, 0.1) is 18.7 Å². The summed E-state index contributed by atoms with van der Waals surface area (Å²) < 4.78 is 0.770. The first-order chi connectivity index (χ1) is 16.9. The van der Waals surface area contributed by atoms with Crippen LogP contribution in [0.15, 0.2) is 42.1 Å². The number of carbonyl (C=O) groups is 3. The summed E-state index contributed by atoms with van der Waals surface area (Å²) in [5.74, 6) is -4.09. The first kappa shape index (κ1) is 27.3. The Kier molecular flexibility index (Phi) is 8.18. The average molecular weight is 499 g/mol. The van der Waals surface area contributed by atoms with Gasteiger partial charge in [0.15, 0.2) is 0 Å². The molecule has 194 valence electrons. The van der Waals surface area contributed by atoms with Gasteiger partial charge in [-0.3, -0.25) is 9.38 Å². The lowest BCUT2D eigenvalue weighted by Crippen LogP contribution is -2.48. The molecule has 0 radical (unpaired) electrons. The number of hydrogen-bond donors (Lipinski definition) is 3. The van der Waals surface area contributed by atoms with Crippen molar-refractivity contribution in [3.8, 4) is 0 Å². The third-order valence-electron chi connectivity index (χ3n) is 7.49. The second-order valence-electron chi connectivity index (χ2n) is 9.84. The summed E-state index contributed by atoms with van der Waals surface area (Å²) in [5, 5.41) is 36.7. The number of benzene rings is 1. The van der Waals surface area contributed by atoms with Gasteiger partial charge in [-0.15, -0.1) is 0 Å². The molecule has 9 nitrogen and oxygen atoms in total. The molecule has 36 heavy (non-hydrogen) atoms. The molecule has 0 amide bonds. The maximum atomic E-state index is 11.6. The molecule has 0 spiro atoms. The summed E-state index contributed by atoms with van der Waals surface area (Å²) >= 11 is 0. The van der Waals surface area contributed by atoms with Crippen LogP contribution in [0.5, 0.6) is 0 Å². The zero-order valence-electron chi connectivity index (χ0n) is 21.1. The van der Waals surface area contributed by atoms with E-state index in [1.807, 2.05) is 13.1 Å². The smallest absolute Gasteiger partial charge is 0.328 e. The van der Waals surface area contributed by atoms with Crippen LogP contribution >= 0.6 is 0 Å². The second kappa shape index (κ2) is 10.8. The Morgan fingerprint density at radius 1 is 1.19 bits per heavy atom. The van der Waals surface area contributed by atoms with E-state index in [1.54, 1.807) is 0 Å². The van der Waals surface area contributed by atoms with Crippen molar-refractivity contribution in [2.75, 3.05) is 27.2 Å². The molecule has 3 atom stereocenters. The molecule has 0 saturated carbocycles. The fraction of sp³-hybridized carbons (Fsp3) is 0.444. The molecule has 2 aliphatic heterocycles. The van der Waals surface area contributed by atoms with Crippen LogP contribution in [-0.2, 0) is 14.4 Å². The number of quaternary nitrogens is 1. The Morgan fingerprint density at radius 2 is 1.83 bits per heavy atom. The van der Waals surface area contributed by atoms with Gasteiger partial charge in [0.1, 0.15) is 11.4 Å². The lowest BCUT2D eigenvalue weighted by Gasteiger charge is -2.40. The predicted molar refractivity (Wildman–Crippen MR) is 134 cm³/mol. The molecule has 1 aliphatic carbocycles. The molecule has 0 bridgehead atoms. The SMILES string of the molecule is CC(C)[N@+]1(C)C(CCCO)=C2C[C@@H]3C(=C[C@@H](C(=O)[O-])CN3C)c3cccc1c32.O=C(O)/C=C\C(=O)O. The molecular weight excluding hydrogens is 464 g/mol. The van der Waals surface area contributed by atoms with Gasteiger partial charge in [-0.05, 0) is 44.9 Å². The normalized spacial score (nSPS) is 24.7. The van der Waals surface area contributed by atoms with Crippen molar-refractivity contribution in [3.63, 3.8) is 0 Å². The van der Waals surface area contributed by atoms with E-state index in [0.29, 0.717) is 24.7 Å².